The summed E-state index contributed by atoms with van der Waals surface area (Å²) in [7, 11) is 0. The number of hydrogen-bond donors (Lipinski definition) is 0. The highest BCUT2D eigenvalue weighted by molar-refractivity contribution is 6.06. The van der Waals surface area contributed by atoms with Crippen LogP contribution in [0.1, 0.15) is 10.4 Å². The van der Waals surface area contributed by atoms with E-state index in [9.17, 15) is 4.79 Å². The summed E-state index contributed by atoms with van der Waals surface area (Å²) in [5, 5.41) is 0. The van der Waals surface area contributed by atoms with Crippen molar-refractivity contribution in [3.63, 3.8) is 0 Å². The van der Waals surface area contributed by atoms with E-state index in [0.29, 0.717) is 11.3 Å². The molecule has 0 bridgehead atoms. The second kappa shape index (κ2) is 2.70. The van der Waals surface area contributed by atoms with E-state index in [4.69, 9.17) is 4.89 Å². The smallest absolute Gasteiger partial charge is 0.193 e. The highest BCUT2D eigenvalue weighted by atomic mass is 17.2. The summed E-state index contributed by atoms with van der Waals surface area (Å²) in [4.78, 5) is 20.7. The van der Waals surface area contributed by atoms with Crippen molar-refractivity contribution in [2.24, 2.45) is 0 Å². The molecule has 60 valence electrons. The van der Waals surface area contributed by atoms with Gasteiger partial charge in [-0.3, -0.25) is 14.6 Å². The Kier molecular flexibility index (Phi) is 1.55. The van der Waals surface area contributed by atoms with Gasteiger partial charge in [0.05, 0.1) is 5.56 Å². The molecule has 1 aromatic carbocycles. The fraction of sp³-hybridized carbons (Fsp3) is 0. The van der Waals surface area contributed by atoms with Crippen LogP contribution in [-0.4, -0.2) is 5.78 Å². The minimum absolute atomic E-state index is 0.108. The standard InChI is InChI=1S/C9H6O3/c10-8-5-6-11-12-9-4-2-1-3-7(8)9/h1-6H. The summed E-state index contributed by atoms with van der Waals surface area (Å²) in [6.45, 7) is 0. The Hall–Kier alpha value is -1.77. The van der Waals surface area contributed by atoms with Crippen LogP contribution in [0.25, 0.3) is 0 Å². The Morgan fingerprint density at radius 3 is 2.92 bits per heavy atom. The fourth-order valence-electron chi connectivity index (χ4n) is 1.00. The lowest BCUT2D eigenvalue weighted by Crippen LogP contribution is -1.95. The maximum Gasteiger partial charge on any atom is 0.193 e. The predicted molar refractivity (Wildman–Crippen MR) is 41.6 cm³/mol. The van der Waals surface area contributed by atoms with Crippen LogP contribution in [0.15, 0.2) is 36.6 Å². The van der Waals surface area contributed by atoms with Crippen LogP contribution in [-0.2, 0) is 4.89 Å². The maximum atomic E-state index is 11.3. The molecule has 2 rings (SSSR count). The van der Waals surface area contributed by atoms with Crippen molar-refractivity contribution in [3.8, 4) is 5.75 Å². The second-order valence-electron chi connectivity index (χ2n) is 2.34. The summed E-state index contributed by atoms with van der Waals surface area (Å²) >= 11 is 0. The molecular weight excluding hydrogens is 156 g/mol. The molecular formula is C9H6O3. The molecule has 0 spiro atoms. The highest BCUT2D eigenvalue weighted by Crippen LogP contribution is 2.20. The lowest BCUT2D eigenvalue weighted by Gasteiger charge is -2.01. The van der Waals surface area contributed by atoms with Crippen LogP contribution in [0, 0.1) is 0 Å². The molecule has 0 aromatic heterocycles. The molecule has 0 N–H and O–H groups in total. The number of carbonyl (C=O) groups is 1. The fourth-order valence-corrected chi connectivity index (χ4v) is 1.00. The summed E-state index contributed by atoms with van der Waals surface area (Å²) in [5.74, 6) is 0.343. The molecule has 1 aliphatic heterocycles. The topological polar surface area (TPSA) is 35.5 Å². The number of ketones is 1. The van der Waals surface area contributed by atoms with E-state index in [1.165, 1.54) is 12.3 Å². The molecule has 1 aliphatic rings. The Morgan fingerprint density at radius 2 is 2.00 bits per heavy atom. The van der Waals surface area contributed by atoms with Crippen LogP contribution in [0.4, 0.5) is 0 Å². The Morgan fingerprint density at radius 1 is 1.17 bits per heavy atom. The molecule has 0 saturated carbocycles. The number of para-hydroxylation sites is 1. The largest absolute Gasteiger partial charge is 0.298 e. The Balaban J connectivity index is 2.53. The van der Waals surface area contributed by atoms with Gasteiger partial charge in [-0.05, 0) is 12.1 Å². The number of benzene rings is 1. The first-order valence-corrected chi connectivity index (χ1v) is 3.51. The molecule has 3 heteroatoms. The average Bonchev–Trinajstić information content (AvgIpc) is 2.29. The van der Waals surface area contributed by atoms with E-state index in [-0.39, 0.29) is 5.78 Å². The zero-order chi connectivity index (χ0) is 8.39. The number of carbonyl (C=O) groups excluding carboxylic acids is 1. The van der Waals surface area contributed by atoms with Gasteiger partial charge in [-0.1, -0.05) is 12.1 Å². The van der Waals surface area contributed by atoms with Gasteiger partial charge >= 0.3 is 0 Å². The monoisotopic (exact) mass is 162 g/mol. The van der Waals surface area contributed by atoms with Crippen LogP contribution in [0.3, 0.4) is 0 Å². The maximum absolute atomic E-state index is 11.3. The Labute approximate surface area is 69.1 Å². The predicted octanol–water partition coefficient (Wildman–Crippen LogP) is 1.71. The van der Waals surface area contributed by atoms with Crippen molar-refractivity contribution in [2.45, 2.75) is 0 Å². The van der Waals surface area contributed by atoms with Gasteiger partial charge in [-0.15, -0.1) is 0 Å². The number of allylic oxidation sites excluding steroid dienone is 1. The second-order valence-corrected chi connectivity index (χ2v) is 2.34. The summed E-state index contributed by atoms with van der Waals surface area (Å²) in [6.07, 6.45) is 2.55. The summed E-state index contributed by atoms with van der Waals surface area (Å²) in [5.41, 5.74) is 0.520. The molecule has 1 heterocycles. The average molecular weight is 162 g/mol. The summed E-state index contributed by atoms with van der Waals surface area (Å²) < 4.78 is 0. The van der Waals surface area contributed by atoms with Crippen molar-refractivity contribution >= 4 is 5.78 Å². The zero-order valence-corrected chi connectivity index (χ0v) is 6.19. The third-order valence-electron chi connectivity index (χ3n) is 1.57. The van der Waals surface area contributed by atoms with E-state index in [2.05, 4.69) is 4.89 Å². The minimum Gasteiger partial charge on any atom is -0.298 e. The Bertz CT molecular complexity index is 341. The van der Waals surface area contributed by atoms with E-state index >= 15 is 0 Å². The lowest BCUT2D eigenvalue weighted by molar-refractivity contribution is -0.148. The van der Waals surface area contributed by atoms with Gasteiger partial charge in [0.2, 0.25) is 0 Å². The molecule has 1 aromatic rings. The number of fused-ring (bicyclic) bond motifs is 1. The molecule has 3 nitrogen and oxygen atoms in total. The molecule has 0 saturated heterocycles. The van der Waals surface area contributed by atoms with E-state index in [0.717, 1.165) is 0 Å². The van der Waals surface area contributed by atoms with E-state index in [1.807, 2.05) is 0 Å². The molecule has 0 radical (unpaired) electrons. The van der Waals surface area contributed by atoms with Gasteiger partial charge in [-0.2, -0.15) is 0 Å². The quantitative estimate of drug-likeness (QED) is 0.545. The molecule has 0 fully saturated rings. The van der Waals surface area contributed by atoms with Gasteiger partial charge in [0.25, 0.3) is 0 Å². The van der Waals surface area contributed by atoms with Gasteiger partial charge in [0.15, 0.2) is 11.5 Å². The molecule has 0 atom stereocenters. The van der Waals surface area contributed by atoms with Crippen LogP contribution < -0.4 is 4.89 Å². The van der Waals surface area contributed by atoms with Crippen molar-refractivity contribution in [1.29, 1.82) is 0 Å². The van der Waals surface area contributed by atoms with Gasteiger partial charge in [0.1, 0.15) is 6.26 Å². The SMILES string of the molecule is O=C1C=COOc2ccccc21. The molecule has 12 heavy (non-hydrogen) atoms. The number of hydrogen-bond acceptors (Lipinski definition) is 3. The zero-order valence-electron chi connectivity index (χ0n) is 6.19. The van der Waals surface area contributed by atoms with Crippen molar-refractivity contribution < 1.29 is 14.6 Å². The first-order valence-electron chi connectivity index (χ1n) is 3.51. The van der Waals surface area contributed by atoms with Gasteiger partial charge in [0, 0.05) is 6.08 Å². The first kappa shape index (κ1) is 6.91. The van der Waals surface area contributed by atoms with Crippen LogP contribution >= 0.6 is 0 Å². The normalized spacial score (nSPS) is 14.2. The number of rotatable bonds is 0. The highest BCUT2D eigenvalue weighted by Gasteiger charge is 2.12. The first-order chi connectivity index (χ1) is 5.88. The minimum atomic E-state index is -0.108. The van der Waals surface area contributed by atoms with Crippen molar-refractivity contribution in [1.82, 2.24) is 0 Å². The van der Waals surface area contributed by atoms with Crippen molar-refractivity contribution in [2.75, 3.05) is 0 Å². The summed E-state index contributed by atoms with van der Waals surface area (Å²) in [6, 6.07) is 6.93. The van der Waals surface area contributed by atoms with Crippen LogP contribution in [0.5, 0.6) is 5.75 Å². The van der Waals surface area contributed by atoms with E-state index < -0.39 is 0 Å². The van der Waals surface area contributed by atoms with Gasteiger partial charge in [-0.25, -0.2) is 0 Å². The van der Waals surface area contributed by atoms with Gasteiger partial charge < -0.3 is 0 Å². The third kappa shape index (κ3) is 1.05. The van der Waals surface area contributed by atoms with E-state index in [1.54, 1.807) is 24.3 Å². The molecule has 0 unspecified atom stereocenters. The van der Waals surface area contributed by atoms with Crippen molar-refractivity contribution in [3.05, 3.63) is 42.2 Å². The molecule has 0 amide bonds. The molecule has 0 aliphatic carbocycles. The third-order valence-corrected chi connectivity index (χ3v) is 1.57. The van der Waals surface area contributed by atoms with Crippen LogP contribution in [0.2, 0.25) is 0 Å². The lowest BCUT2D eigenvalue weighted by atomic mass is 10.1.